The first-order chi connectivity index (χ1) is 7.65. The van der Waals surface area contributed by atoms with Crippen molar-refractivity contribution >= 4 is 21.6 Å². The number of halogens is 1. The third kappa shape index (κ3) is 3.66. The van der Waals surface area contributed by atoms with Gasteiger partial charge in [-0.1, -0.05) is 24.3 Å². The SMILES string of the molecule is C\C=C/C=C\C=C(/C)n1cc(Br)ccc1=O. The summed E-state index contributed by atoms with van der Waals surface area (Å²) in [5, 5.41) is 0. The number of hydrogen-bond acceptors (Lipinski definition) is 1. The zero-order valence-corrected chi connectivity index (χ0v) is 10.9. The highest BCUT2D eigenvalue weighted by atomic mass is 79.9. The summed E-state index contributed by atoms with van der Waals surface area (Å²) >= 11 is 3.34. The Bertz CT molecular complexity index is 495. The average molecular weight is 280 g/mol. The Hall–Kier alpha value is -1.35. The van der Waals surface area contributed by atoms with Crippen LogP contribution in [-0.2, 0) is 0 Å². The minimum Gasteiger partial charge on any atom is -0.287 e. The summed E-state index contributed by atoms with van der Waals surface area (Å²) in [6, 6.07) is 3.28. The molecule has 1 aromatic rings. The first-order valence-electron chi connectivity index (χ1n) is 5.00. The Labute approximate surface area is 104 Å². The first-order valence-corrected chi connectivity index (χ1v) is 5.79. The molecule has 0 saturated heterocycles. The van der Waals surface area contributed by atoms with Crippen LogP contribution in [0.2, 0.25) is 0 Å². The van der Waals surface area contributed by atoms with Crippen molar-refractivity contribution in [1.82, 2.24) is 4.57 Å². The van der Waals surface area contributed by atoms with Gasteiger partial charge in [-0.05, 0) is 41.9 Å². The lowest BCUT2D eigenvalue weighted by Crippen LogP contribution is -2.15. The summed E-state index contributed by atoms with van der Waals surface area (Å²) in [7, 11) is 0. The molecule has 16 heavy (non-hydrogen) atoms. The standard InChI is InChI=1S/C13H14BrNO/c1-3-4-5-6-7-11(2)15-10-12(14)8-9-13(15)16/h3-10H,1-2H3/b4-3-,6-5-,11-7+. The van der Waals surface area contributed by atoms with E-state index in [-0.39, 0.29) is 5.56 Å². The van der Waals surface area contributed by atoms with Crippen molar-refractivity contribution in [2.75, 3.05) is 0 Å². The third-order valence-corrected chi connectivity index (χ3v) is 2.48. The number of pyridine rings is 1. The molecule has 0 aliphatic rings. The highest BCUT2D eigenvalue weighted by Gasteiger charge is 1.97. The van der Waals surface area contributed by atoms with Crippen molar-refractivity contribution in [3.63, 3.8) is 0 Å². The van der Waals surface area contributed by atoms with Gasteiger partial charge in [0.05, 0.1) is 0 Å². The molecular weight excluding hydrogens is 266 g/mol. The highest BCUT2D eigenvalue weighted by Crippen LogP contribution is 2.08. The molecule has 1 aromatic heterocycles. The van der Waals surface area contributed by atoms with E-state index in [0.717, 1.165) is 10.2 Å². The van der Waals surface area contributed by atoms with Gasteiger partial charge in [0, 0.05) is 22.4 Å². The molecule has 1 heterocycles. The summed E-state index contributed by atoms with van der Waals surface area (Å²) in [5.74, 6) is 0. The third-order valence-electron chi connectivity index (χ3n) is 2.01. The Morgan fingerprint density at radius 1 is 1.31 bits per heavy atom. The van der Waals surface area contributed by atoms with E-state index in [2.05, 4.69) is 15.9 Å². The second kappa shape index (κ2) is 6.28. The molecule has 0 bridgehead atoms. The summed E-state index contributed by atoms with van der Waals surface area (Å²) < 4.78 is 2.49. The van der Waals surface area contributed by atoms with E-state index in [4.69, 9.17) is 0 Å². The molecule has 0 atom stereocenters. The predicted molar refractivity (Wildman–Crippen MR) is 72.3 cm³/mol. The van der Waals surface area contributed by atoms with Crippen LogP contribution in [-0.4, -0.2) is 4.57 Å². The average Bonchev–Trinajstić information content (AvgIpc) is 2.27. The molecular formula is C13H14BrNO. The van der Waals surface area contributed by atoms with Crippen LogP contribution in [0.3, 0.4) is 0 Å². The molecule has 0 aromatic carbocycles. The molecule has 3 heteroatoms. The number of hydrogen-bond donors (Lipinski definition) is 0. The number of allylic oxidation sites excluding steroid dienone is 6. The maximum atomic E-state index is 11.6. The summed E-state index contributed by atoms with van der Waals surface area (Å²) in [4.78, 5) is 11.6. The largest absolute Gasteiger partial charge is 0.287 e. The molecule has 0 amide bonds. The van der Waals surface area contributed by atoms with Crippen LogP contribution < -0.4 is 5.56 Å². The minimum atomic E-state index is -0.0311. The maximum Gasteiger partial charge on any atom is 0.254 e. The second-order valence-corrected chi connectivity index (χ2v) is 4.19. The van der Waals surface area contributed by atoms with Gasteiger partial charge in [0.15, 0.2) is 0 Å². The molecule has 0 unspecified atom stereocenters. The smallest absolute Gasteiger partial charge is 0.254 e. The lowest BCUT2D eigenvalue weighted by molar-refractivity contribution is 1.00. The molecule has 0 saturated carbocycles. The Morgan fingerprint density at radius 3 is 2.75 bits per heavy atom. The van der Waals surface area contributed by atoms with Gasteiger partial charge >= 0.3 is 0 Å². The fourth-order valence-electron chi connectivity index (χ4n) is 1.19. The van der Waals surface area contributed by atoms with Gasteiger partial charge in [-0.2, -0.15) is 0 Å². The number of nitrogens with zero attached hydrogens (tertiary/aromatic N) is 1. The fourth-order valence-corrected chi connectivity index (χ4v) is 1.52. The molecule has 0 fully saturated rings. The van der Waals surface area contributed by atoms with Crippen molar-refractivity contribution in [2.45, 2.75) is 13.8 Å². The molecule has 0 aliphatic carbocycles. The lowest BCUT2D eigenvalue weighted by atomic mass is 10.3. The van der Waals surface area contributed by atoms with Crippen LogP contribution in [0.25, 0.3) is 5.70 Å². The van der Waals surface area contributed by atoms with Crippen molar-refractivity contribution in [3.8, 4) is 0 Å². The van der Waals surface area contributed by atoms with E-state index in [0.29, 0.717) is 0 Å². The molecule has 0 spiro atoms. The van der Waals surface area contributed by atoms with Crippen molar-refractivity contribution in [3.05, 3.63) is 63.5 Å². The van der Waals surface area contributed by atoms with Gasteiger partial charge < -0.3 is 0 Å². The van der Waals surface area contributed by atoms with Crippen LogP contribution in [0.15, 0.2) is 58.0 Å². The maximum absolute atomic E-state index is 11.6. The topological polar surface area (TPSA) is 22.0 Å². The molecule has 0 N–H and O–H groups in total. The van der Waals surface area contributed by atoms with Crippen molar-refractivity contribution < 1.29 is 0 Å². The molecule has 1 rings (SSSR count). The van der Waals surface area contributed by atoms with Crippen molar-refractivity contribution in [2.24, 2.45) is 0 Å². The van der Waals surface area contributed by atoms with E-state index in [9.17, 15) is 4.79 Å². The van der Waals surface area contributed by atoms with Gasteiger partial charge in [0.1, 0.15) is 0 Å². The number of aromatic nitrogens is 1. The zero-order chi connectivity index (χ0) is 12.0. The van der Waals surface area contributed by atoms with Gasteiger partial charge in [0.2, 0.25) is 0 Å². The Kier molecular flexibility index (Phi) is 4.99. The quantitative estimate of drug-likeness (QED) is 0.775. The van der Waals surface area contributed by atoms with E-state index >= 15 is 0 Å². The lowest BCUT2D eigenvalue weighted by Gasteiger charge is -2.04. The second-order valence-electron chi connectivity index (χ2n) is 3.27. The summed E-state index contributed by atoms with van der Waals surface area (Å²) in [5.41, 5.74) is 0.850. The predicted octanol–water partition coefficient (Wildman–Crippen LogP) is 3.60. The molecule has 0 aliphatic heterocycles. The Morgan fingerprint density at radius 2 is 2.06 bits per heavy atom. The van der Waals surface area contributed by atoms with E-state index < -0.39 is 0 Å². The highest BCUT2D eigenvalue weighted by molar-refractivity contribution is 9.10. The van der Waals surface area contributed by atoms with Gasteiger partial charge in [-0.25, -0.2) is 0 Å². The summed E-state index contributed by atoms with van der Waals surface area (Å²) in [6.45, 7) is 3.85. The van der Waals surface area contributed by atoms with Crippen LogP contribution in [0.5, 0.6) is 0 Å². The van der Waals surface area contributed by atoms with Gasteiger partial charge in [-0.15, -0.1) is 0 Å². The van der Waals surface area contributed by atoms with Gasteiger partial charge in [0.25, 0.3) is 5.56 Å². The van der Waals surface area contributed by atoms with E-state index in [1.807, 2.05) is 44.2 Å². The monoisotopic (exact) mass is 279 g/mol. The molecule has 0 radical (unpaired) electrons. The van der Waals surface area contributed by atoms with Crippen LogP contribution in [0.4, 0.5) is 0 Å². The summed E-state index contributed by atoms with van der Waals surface area (Å²) in [6.07, 6.45) is 11.4. The number of rotatable bonds is 3. The Balaban J connectivity index is 3.00. The zero-order valence-electron chi connectivity index (χ0n) is 9.35. The van der Waals surface area contributed by atoms with E-state index in [1.165, 1.54) is 6.07 Å². The van der Waals surface area contributed by atoms with Crippen LogP contribution >= 0.6 is 15.9 Å². The van der Waals surface area contributed by atoms with Gasteiger partial charge in [-0.3, -0.25) is 9.36 Å². The minimum absolute atomic E-state index is 0.0311. The normalized spacial score (nSPS) is 12.8. The van der Waals surface area contributed by atoms with Crippen LogP contribution in [0.1, 0.15) is 13.8 Å². The molecule has 84 valence electrons. The first kappa shape index (κ1) is 12.7. The van der Waals surface area contributed by atoms with Crippen LogP contribution in [0, 0.1) is 0 Å². The van der Waals surface area contributed by atoms with E-state index in [1.54, 1.807) is 16.8 Å². The molecule has 2 nitrogen and oxygen atoms in total. The fraction of sp³-hybridized carbons (Fsp3) is 0.154. The van der Waals surface area contributed by atoms with Crippen molar-refractivity contribution in [1.29, 1.82) is 0 Å².